The molecule has 3 aromatic heterocycles. The number of benzene rings is 1. The molecule has 1 saturated heterocycles. The average Bonchev–Trinajstić information content (AvgIpc) is 3.25. The van der Waals surface area contributed by atoms with Crippen LogP contribution in [0.15, 0.2) is 47.3 Å². The van der Waals surface area contributed by atoms with Crippen molar-refractivity contribution in [3.8, 4) is 17.6 Å². The third-order valence-corrected chi connectivity index (χ3v) is 6.54. The molecular weight excluding hydrogens is 484 g/mol. The largest absolute Gasteiger partial charge is 0.463 e. The molecule has 0 unspecified atom stereocenters. The van der Waals surface area contributed by atoms with E-state index in [9.17, 15) is 4.79 Å². The van der Waals surface area contributed by atoms with Gasteiger partial charge >= 0.3 is 11.7 Å². The number of ether oxygens (including phenoxy) is 2. The van der Waals surface area contributed by atoms with E-state index in [-0.39, 0.29) is 17.5 Å². The van der Waals surface area contributed by atoms with Gasteiger partial charge in [-0.1, -0.05) is 31.5 Å². The second-order valence-electron chi connectivity index (χ2n) is 9.43. The highest BCUT2D eigenvalue weighted by Gasteiger charge is 2.15. The van der Waals surface area contributed by atoms with Gasteiger partial charge in [-0.15, -0.1) is 0 Å². The normalized spacial score (nSPS) is 14.1. The molecule has 1 aliphatic heterocycles. The number of imidazole rings is 1. The molecule has 5 rings (SSSR count). The molecule has 38 heavy (non-hydrogen) atoms. The van der Waals surface area contributed by atoms with Crippen molar-refractivity contribution in [3.05, 3.63) is 64.2 Å². The summed E-state index contributed by atoms with van der Waals surface area (Å²) in [5, 5.41) is 6.96. The Labute approximate surface area is 220 Å². The van der Waals surface area contributed by atoms with Crippen molar-refractivity contribution < 1.29 is 9.47 Å². The molecule has 200 valence electrons. The Morgan fingerprint density at radius 2 is 1.92 bits per heavy atom. The number of piperidine rings is 1. The van der Waals surface area contributed by atoms with Crippen molar-refractivity contribution in [1.82, 2.24) is 35.1 Å². The van der Waals surface area contributed by atoms with Crippen molar-refractivity contribution >= 4 is 17.0 Å². The zero-order valence-electron chi connectivity index (χ0n) is 21.6. The van der Waals surface area contributed by atoms with E-state index < -0.39 is 0 Å². The summed E-state index contributed by atoms with van der Waals surface area (Å²) < 4.78 is 13.1. The molecule has 11 nitrogen and oxygen atoms in total. The van der Waals surface area contributed by atoms with Crippen LogP contribution in [0.3, 0.4) is 0 Å². The van der Waals surface area contributed by atoms with Gasteiger partial charge in [0.25, 0.3) is 0 Å². The molecule has 0 radical (unpaired) electrons. The van der Waals surface area contributed by atoms with Gasteiger partial charge < -0.3 is 30.8 Å². The number of hydrogen-bond acceptors (Lipinski definition) is 9. The summed E-state index contributed by atoms with van der Waals surface area (Å²) in [5.41, 5.74) is 8.39. The number of aromatic amines is 1. The average molecular weight is 519 g/mol. The van der Waals surface area contributed by atoms with E-state index in [0.29, 0.717) is 48.5 Å². The van der Waals surface area contributed by atoms with Crippen molar-refractivity contribution in [2.24, 2.45) is 0 Å². The van der Waals surface area contributed by atoms with E-state index in [1.165, 1.54) is 4.57 Å². The summed E-state index contributed by atoms with van der Waals surface area (Å²) in [4.78, 5) is 28.6. The highest BCUT2D eigenvalue weighted by atomic mass is 16.5. The minimum atomic E-state index is -0.314. The highest BCUT2D eigenvalue weighted by molar-refractivity contribution is 5.81. The highest BCUT2D eigenvalue weighted by Crippen LogP contribution is 2.22. The monoisotopic (exact) mass is 518 g/mol. The van der Waals surface area contributed by atoms with Crippen molar-refractivity contribution in [2.45, 2.75) is 51.7 Å². The van der Waals surface area contributed by atoms with Crippen LogP contribution in [0.25, 0.3) is 11.2 Å². The fourth-order valence-electron chi connectivity index (χ4n) is 4.40. The molecule has 0 atom stereocenters. The maximum absolute atomic E-state index is 12.7. The molecule has 4 aromatic rings. The number of nitrogens with one attached hydrogen (secondary N) is 3. The van der Waals surface area contributed by atoms with Crippen molar-refractivity contribution in [2.75, 3.05) is 25.4 Å². The second kappa shape index (κ2) is 12.1. The maximum Gasteiger partial charge on any atom is 0.328 e. The predicted molar refractivity (Wildman–Crippen MR) is 146 cm³/mol. The topological polar surface area (TPSA) is 145 Å². The quantitative estimate of drug-likeness (QED) is 0.220. The predicted octanol–water partition coefficient (Wildman–Crippen LogP) is 2.96. The van der Waals surface area contributed by atoms with Crippen LogP contribution < -0.4 is 31.5 Å². The molecule has 1 aliphatic rings. The first kappa shape index (κ1) is 25.7. The molecule has 0 amide bonds. The lowest BCUT2D eigenvalue weighted by Crippen LogP contribution is -2.39. The van der Waals surface area contributed by atoms with Gasteiger partial charge in [-0.3, -0.25) is 4.57 Å². The zero-order chi connectivity index (χ0) is 26.3. The summed E-state index contributed by atoms with van der Waals surface area (Å²) in [6.07, 6.45) is 4.12. The van der Waals surface area contributed by atoms with Gasteiger partial charge in [0.1, 0.15) is 11.3 Å². The smallest absolute Gasteiger partial charge is 0.328 e. The van der Waals surface area contributed by atoms with Gasteiger partial charge in [-0.25, -0.2) is 9.78 Å². The fraction of sp³-hybridized carbons (Fsp3) is 0.407. The number of hydrogen-bond donors (Lipinski definition) is 4. The Hall–Kier alpha value is -3.96. The van der Waals surface area contributed by atoms with Crippen LogP contribution in [-0.2, 0) is 13.1 Å². The third-order valence-electron chi connectivity index (χ3n) is 6.54. The van der Waals surface area contributed by atoms with Gasteiger partial charge in [-0.2, -0.15) is 9.97 Å². The zero-order valence-corrected chi connectivity index (χ0v) is 21.6. The van der Waals surface area contributed by atoms with E-state index in [2.05, 4.69) is 37.5 Å². The summed E-state index contributed by atoms with van der Waals surface area (Å²) in [6, 6.07) is 14.0. The molecular formula is C27H34N8O3. The standard InChI is InChI=1S/C27H34N8O3/c1-2-3-15-37-26-33-24(28)23-25(34-26)35(27(36)32-23)17-18-7-9-21(10-8-18)38-22-6-4-5-20(31-22)16-30-19-11-13-29-14-12-19/h4-10,19,29-30H,2-3,11-17H2,1H3,(H,32,36)(H2,28,33,34). The van der Waals surface area contributed by atoms with Gasteiger partial charge in [-0.05, 0) is 56.1 Å². The second-order valence-corrected chi connectivity index (χ2v) is 9.43. The minimum absolute atomic E-state index is 0.167. The lowest BCUT2D eigenvalue weighted by molar-refractivity contribution is 0.286. The van der Waals surface area contributed by atoms with E-state index in [4.69, 9.17) is 15.2 Å². The first-order valence-corrected chi connectivity index (χ1v) is 13.1. The summed E-state index contributed by atoms with van der Waals surface area (Å²) in [6.45, 7) is 5.68. The lowest BCUT2D eigenvalue weighted by atomic mass is 10.1. The summed E-state index contributed by atoms with van der Waals surface area (Å²) >= 11 is 0. The van der Waals surface area contributed by atoms with Crippen LogP contribution in [0.2, 0.25) is 0 Å². The van der Waals surface area contributed by atoms with Crippen LogP contribution in [0, 0.1) is 0 Å². The van der Waals surface area contributed by atoms with Crippen LogP contribution in [-0.4, -0.2) is 50.2 Å². The Bertz CT molecular complexity index is 1410. The minimum Gasteiger partial charge on any atom is -0.463 e. The number of fused-ring (bicyclic) bond motifs is 1. The summed E-state index contributed by atoms with van der Waals surface area (Å²) in [7, 11) is 0. The number of rotatable bonds is 11. The third kappa shape index (κ3) is 6.29. The molecule has 1 fully saturated rings. The lowest BCUT2D eigenvalue weighted by Gasteiger charge is -2.23. The maximum atomic E-state index is 12.7. The van der Waals surface area contributed by atoms with E-state index >= 15 is 0 Å². The Balaban J connectivity index is 1.25. The number of pyridine rings is 1. The molecule has 0 spiro atoms. The number of nitrogens with zero attached hydrogens (tertiary/aromatic N) is 4. The van der Waals surface area contributed by atoms with E-state index in [1.54, 1.807) is 0 Å². The first-order chi connectivity index (χ1) is 18.6. The number of H-pyrrole nitrogens is 1. The van der Waals surface area contributed by atoms with E-state index in [0.717, 1.165) is 50.0 Å². The number of anilines is 1. The van der Waals surface area contributed by atoms with Crippen molar-refractivity contribution in [3.63, 3.8) is 0 Å². The Kier molecular flexibility index (Phi) is 8.15. The molecule has 0 saturated carbocycles. The van der Waals surface area contributed by atoms with Gasteiger partial charge in [0.15, 0.2) is 11.5 Å². The molecule has 5 N–H and O–H groups in total. The summed E-state index contributed by atoms with van der Waals surface area (Å²) in [5.74, 6) is 1.38. The molecule has 0 bridgehead atoms. The first-order valence-electron chi connectivity index (χ1n) is 13.1. The number of aromatic nitrogens is 5. The van der Waals surface area contributed by atoms with Crippen molar-refractivity contribution in [1.29, 1.82) is 0 Å². The fourth-order valence-corrected chi connectivity index (χ4v) is 4.40. The molecule has 4 heterocycles. The van der Waals surface area contributed by atoms with Crippen LogP contribution in [0.4, 0.5) is 5.82 Å². The molecule has 11 heteroatoms. The SMILES string of the molecule is CCCCOc1nc(N)c2[nH]c(=O)n(Cc3ccc(Oc4cccc(CNC5CCNCC5)n4)cc3)c2n1. The van der Waals surface area contributed by atoms with Gasteiger partial charge in [0.05, 0.1) is 18.8 Å². The van der Waals surface area contributed by atoms with Gasteiger partial charge in [0, 0.05) is 18.7 Å². The number of nitrogens with two attached hydrogens (primary N) is 1. The van der Waals surface area contributed by atoms with E-state index in [1.807, 2.05) is 42.5 Å². The Morgan fingerprint density at radius 3 is 2.71 bits per heavy atom. The van der Waals surface area contributed by atoms with Crippen LogP contribution in [0.1, 0.15) is 43.9 Å². The Morgan fingerprint density at radius 1 is 1.11 bits per heavy atom. The molecule has 1 aromatic carbocycles. The number of nitrogen functional groups attached to an aromatic ring is 1. The van der Waals surface area contributed by atoms with Crippen LogP contribution in [0.5, 0.6) is 17.6 Å². The number of unbranched alkanes of at least 4 members (excludes halogenated alkanes) is 1. The molecule has 0 aliphatic carbocycles. The van der Waals surface area contributed by atoms with Crippen LogP contribution >= 0.6 is 0 Å². The van der Waals surface area contributed by atoms with Gasteiger partial charge in [0.2, 0.25) is 5.88 Å².